The standard InChI is InChI=1S/C15H15NO2/c1-17-14-10-8-13(9-11-14)15(16-18-2)12-6-4-3-5-7-12/h3-11H,1-2H3/b16-15-. The van der Waals surface area contributed by atoms with Crippen molar-refractivity contribution in [2.24, 2.45) is 5.16 Å². The molecule has 2 aromatic carbocycles. The average Bonchev–Trinajstić information content (AvgIpc) is 2.46. The van der Waals surface area contributed by atoms with Gasteiger partial charge in [0.1, 0.15) is 18.6 Å². The van der Waals surface area contributed by atoms with Gasteiger partial charge in [0.15, 0.2) is 0 Å². The molecule has 0 aliphatic heterocycles. The second-order valence-corrected chi connectivity index (χ2v) is 3.72. The van der Waals surface area contributed by atoms with Crippen LogP contribution < -0.4 is 4.74 Å². The van der Waals surface area contributed by atoms with Gasteiger partial charge in [-0.3, -0.25) is 0 Å². The Morgan fingerprint density at radius 2 is 1.44 bits per heavy atom. The summed E-state index contributed by atoms with van der Waals surface area (Å²) in [7, 11) is 3.20. The minimum Gasteiger partial charge on any atom is -0.497 e. The predicted molar refractivity (Wildman–Crippen MR) is 72.1 cm³/mol. The second-order valence-electron chi connectivity index (χ2n) is 3.72. The molecular weight excluding hydrogens is 226 g/mol. The van der Waals surface area contributed by atoms with Gasteiger partial charge in [-0.1, -0.05) is 35.5 Å². The maximum absolute atomic E-state index is 5.14. The third kappa shape index (κ3) is 2.69. The molecule has 3 nitrogen and oxygen atoms in total. The summed E-state index contributed by atoms with van der Waals surface area (Å²) in [5.41, 5.74) is 2.81. The van der Waals surface area contributed by atoms with Crippen LogP contribution in [0.3, 0.4) is 0 Å². The highest BCUT2D eigenvalue weighted by molar-refractivity contribution is 6.12. The van der Waals surface area contributed by atoms with E-state index in [0.29, 0.717) is 0 Å². The quantitative estimate of drug-likeness (QED) is 0.608. The first-order chi connectivity index (χ1) is 8.85. The number of hydrogen-bond donors (Lipinski definition) is 0. The molecule has 0 amide bonds. The first-order valence-corrected chi connectivity index (χ1v) is 5.66. The van der Waals surface area contributed by atoms with Crippen molar-refractivity contribution in [2.75, 3.05) is 14.2 Å². The van der Waals surface area contributed by atoms with E-state index >= 15 is 0 Å². The maximum atomic E-state index is 5.14. The van der Waals surface area contributed by atoms with E-state index in [-0.39, 0.29) is 0 Å². The molecular formula is C15H15NO2. The van der Waals surface area contributed by atoms with Crippen LogP contribution >= 0.6 is 0 Å². The van der Waals surface area contributed by atoms with E-state index in [1.807, 2.05) is 54.6 Å². The van der Waals surface area contributed by atoms with Gasteiger partial charge in [-0.25, -0.2) is 0 Å². The summed E-state index contributed by atoms with van der Waals surface area (Å²) < 4.78 is 5.14. The van der Waals surface area contributed by atoms with E-state index in [9.17, 15) is 0 Å². The molecule has 0 heterocycles. The Balaban J connectivity index is 2.39. The van der Waals surface area contributed by atoms with Crippen LogP contribution in [0.15, 0.2) is 59.8 Å². The van der Waals surface area contributed by atoms with Gasteiger partial charge in [0.25, 0.3) is 0 Å². The lowest BCUT2D eigenvalue weighted by Crippen LogP contribution is -2.03. The van der Waals surface area contributed by atoms with Crippen molar-refractivity contribution >= 4 is 5.71 Å². The van der Waals surface area contributed by atoms with Crippen LogP contribution in [0, 0.1) is 0 Å². The lowest BCUT2D eigenvalue weighted by atomic mass is 10.0. The van der Waals surface area contributed by atoms with Crippen LogP contribution in [0.2, 0.25) is 0 Å². The van der Waals surface area contributed by atoms with Crippen molar-refractivity contribution in [3.05, 3.63) is 65.7 Å². The zero-order valence-corrected chi connectivity index (χ0v) is 10.5. The molecule has 0 saturated heterocycles. The van der Waals surface area contributed by atoms with Crippen LogP contribution in [0.25, 0.3) is 0 Å². The summed E-state index contributed by atoms with van der Waals surface area (Å²) in [5, 5.41) is 4.10. The Hall–Kier alpha value is -2.29. The summed E-state index contributed by atoms with van der Waals surface area (Å²) in [6, 6.07) is 17.7. The van der Waals surface area contributed by atoms with Gasteiger partial charge in [0.2, 0.25) is 0 Å². The number of methoxy groups -OCH3 is 1. The van der Waals surface area contributed by atoms with Crippen LogP contribution in [-0.2, 0) is 4.84 Å². The van der Waals surface area contributed by atoms with Gasteiger partial charge in [-0.15, -0.1) is 0 Å². The SMILES string of the molecule is CO/N=C(/c1ccccc1)c1ccc(OC)cc1. The van der Waals surface area contributed by atoms with E-state index in [1.165, 1.54) is 0 Å². The van der Waals surface area contributed by atoms with Gasteiger partial charge in [0, 0.05) is 11.1 Å². The molecule has 92 valence electrons. The molecule has 0 fully saturated rings. The number of benzene rings is 2. The van der Waals surface area contributed by atoms with Gasteiger partial charge < -0.3 is 9.57 Å². The fraction of sp³-hybridized carbons (Fsp3) is 0.133. The summed E-state index contributed by atoms with van der Waals surface area (Å²) >= 11 is 0. The smallest absolute Gasteiger partial charge is 0.118 e. The molecule has 2 rings (SSSR count). The number of hydrogen-bond acceptors (Lipinski definition) is 3. The molecule has 0 aromatic heterocycles. The van der Waals surface area contributed by atoms with Gasteiger partial charge in [0.05, 0.1) is 7.11 Å². The molecule has 0 saturated carbocycles. The molecule has 0 atom stereocenters. The third-order valence-electron chi connectivity index (χ3n) is 2.59. The molecule has 0 aliphatic rings. The Morgan fingerprint density at radius 3 is 2.00 bits per heavy atom. The van der Waals surface area contributed by atoms with Crippen molar-refractivity contribution in [1.29, 1.82) is 0 Å². The zero-order chi connectivity index (χ0) is 12.8. The van der Waals surface area contributed by atoms with E-state index in [2.05, 4.69) is 5.16 Å². The maximum Gasteiger partial charge on any atom is 0.118 e. The third-order valence-corrected chi connectivity index (χ3v) is 2.59. The Morgan fingerprint density at radius 1 is 0.833 bits per heavy atom. The molecule has 0 aliphatic carbocycles. The first-order valence-electron chi connectivity index (χ1n) is 5.66. The molecule has 18 heavy (non-hydrogen) atoms. The fourth-order valence-corrected chi connectivity index (χ4v) is 1.71. The number of rotatable bonds is 4. The molecule has 0 spiro atoms. The minimum absolute atomic E-state index is 0.806. The highest BCUT2D eigenvalue weighted by atomic mass is 16.6. The van der Waals surface area contributed by atoms with Crippen molar-refractivity contribution in [2.45, 2.75) is 0 Å². The van der Waals surface area contributed by atoms with E-state index in [1.54, 1.807) is 14.2 Å². The topological polar surface area (TPSA) is 30.8 Å². The number of nitrogens with zero attached hydrogens (tertiary/aromatic N) is 1. The van der Waals surface area contributed by atoms with Crippen LogP contribution in [0.1, 0.15) is 11.1 Å². The summed E-state index contributed by atoms with van der Waals surface area (Å²) in [6.45, 7) is 0. The van der Waals surface area contributed by atoms with Gasteiger partial charge in [-0.05, 0) is 24.3 Å². The predicted octanol–water partition coefficient (Wildman–Crippen LogP) is 3.09. The average molecular weight is 241 g/mol. The molecule has 3 heteroatoms. The van der Waals surface area contributed by atoms with Gasteiger partial charge in [-0.2, -0.15) is 0 Å². The van der Waals surface area contributed by atoms with Gasteiger partial charge >= 0.3 is 0 Å². The lowest BCUT2D eigenvalue weighted by molar-refractivity contribution is 0.214. The first kappa shape index (κ1) is 12.2. The number of ether oxygens (including phenoxy) is 1. The largest absolute Gasteiger partial charge is 0.497 e. The molecule has 0 unspecified atom stereocenters. The summed E-state index contributed by atoms with van der Waals surface area (Å²) in [6.07, 6.45) is 0. The lowest BCUT2D eigenvalue weighted by Gasteiger charge is -2.07. The molecule has 0 N–H and O–H groups in total. The van der Waals surface area contributed by atoms with Crippen molar-refractivity contribution in [1.82, 2.24) is 0 Å². The Kier molecular flexibility index (Phi) is 3.97. The summed E-state index contributed by atoms with van der Waals surface area (Å²) in [5.74, 6) is 0.823. The van der Waals surface area contributed by atoms with Crippen molar-refractivity contribution in [3.63, 3.8) is 0 Å². The Labute approximate surface area is 107 Å². The van der Waals surface area contributed by atoms with Crippen molar-refractivity contribution in [3.8, 4) is 5.75 Å². The van der Waals surface area contributed by atoms with E-state index < -0.39 is 0 Å². The Bertz CT molecular complexity index is 518. The van der Waals surface area contributed by atoms with Crippen molar-refractivity contribution < 1.29 is 9.57 Å². The fourth-order valence-electron chi connectivity index (χ4n) is 1.71. The normalized spacial score (nSPS) is 11.1. The number of oxime groups is 1. The van der Waals surface area contributed by atoms with Crippen LogP contribution in [0.5, 0.6) is 5.75 Å². The van der Waals surface area contributed by atoms with Crippen LogP contribution in [0.4, 0.5) is 0 Å². The van der Waals surface area contributed by atoms with E-state index in [0.717, 1.165) is 22.6 Å². The summed E-state index contributed by atoms with van der Waals surface area (Å²) in [4.78, 5) is 4.93. The zero-order valence-electron chi connectivity index (χ0n) is 10.5. The second kappa shape index (κ2) is 5.87. The molecule has 0 radical (unpaired) electrons. The molecule has 2 aromatic rings. The highest BCUT2D eigenvalue weighted by Crippen LogP contribution is 2.16. The molecule has 0 bridgehead atoms. The van der Waals surface area contributed by atoms with E-state index in [4.69, 9.17) is 9.57 Å². The minimum atomic E-state index is 0.806. The monoisotopic (exact) mass is 241 g/mol. The van der Waals surface area contributed by atoms with Crippen LogP contribution in [-0.4, -0.2) is 19.9 Å². The highest BCUT2D eigenvalue weighted by Gasteiger charge is 2.07.